The van der Waals surface area contributed by atoms with Crippen molar-refractivity contribution in [1.82, 2.24) is 0 Å². The molecule has 5 heteroatoms. The molecule has 0 amide bonds. The second kappa shape index (κ2) is 6.90. The number of Topliss-reactive ketones (excluding diaryl/α,β-unsaturated/α-hetero) is 1. The molecule has 0 heterocycles. The van der Waals surface area contributed by atoms with Crippen molar-refractivity contribution >= 4 is 11.8 Å². The van der Waals surface area contributed by atoms with Crippen molar-refractivity contribution in [1.29, 1.82) is 0 Å². The number of rotatable bonds is 3. The summed E-state index contributed by atoms with van der Waals surface area (Å²) in [6.07, 6.45) is 6.83. The van der Waals surface area contributed by atoms with E-state index in [-0.39, 0.29) is 35.1 Å². The number of aliphatic hydroxyl groups is 2. The van der Waals surface area contributed by atoms with Gasteiger partial charge in [0.2, 0.25) is 0 Å². The molecule has 0 aromatic heterocycles. The Hall–Kier alpha value is -1.20. The number of carbonyl (C=O) groups excluding carboxylic acids is 2. The van der Waals surface area contributed by atoms with Gasteiger partial charge in [-0.3, -0.25) is 4.79 Å². The van der Waals surface area contributed by atoms with Crippen LogP contribution >= 0.6 is 0 Å². The number of carbonyl (C=O) groups is 2. The van der Waals surface area contributed by atoms with Gasteiger partial charge in [-0.05, 0) is 87.4 Å². The predicted octanol–water partition coefficient (Wildman–Crippen LogP) is 3.81. The average molecular weight is 419 g/mol. The molecule has 4 rings (SSSR count). The Morgan fingerprint density at radius 3 is 2.47 bits per heavy atom. The minimum atomic E-state index is -0.965. The highest BCUT2D eigenvalue weighted by Gasteiger charge is 2.69. The lowest BCUT2D eigenvalue weighted by atomic mass is 9.40. The standard InChI is InChI=1S/C25H38O5/c1-15(2)10-20(27)30-17-12-23(5)18(22(3,4)21(17)28)8-9-24-11-16(6-7-19(23)24)25(29,13-24)14-26/h10,16-19,26,29H,6-9,11-14H2,1-5H3/t16-,17-,18-,19-,23+,24+,25+/m1/s1. The summed E-state index contributed by atoms with van der Waals surface area (Å²) in [6, 6.07) is 0. The molecule has 4 aliphatic carbocycles. The fourth-order valence-corrected chi connectivity index (χ4v) is 8.45. The van der Waals surface area contributed by atoms with Gasteiger partial charge < -0.3 is 14.9 Å². The molecule has 1 spiro atoms. The number of aliphatic hydroxyl groups excluding tert-OH is 1. The zero-order chi connectivity index (χ0) is 22.1. The molecular weight excluding hydrogens is 380 g/mol. The monoisotopic (exact) mass is 418 g/mol. The van der Waals surface area contributed by atoms with Crippen LogP contribution < -0.4 is 0 Å². The third kappa shape index (κ3) is 3.02. The van der Waals surface area contributed by atoms with Crippen molar-refractivity contribution in [3.63, 3.8) is 0 Å². The maximum absolute atomic E-state index is 13.4. The number of hydrogen-bond donors (Lipinski definition) is 2. The summed E-state index contributed by atoms with van der Waals surface area (Å²) in [6.45, 7) is 9.88. The zero-order valence-corrected chi connectivity index (χ0v) is 19.2. The SMILES string of the molecule is CC(C)=CC(=O)O[C@@H]1C[C@@]2(C)[C@H](CC[C@@]34C[C@@H](CC[C@@H]32)[C@@](O)(CO)C4)C(C)(C)C1=O. The first-order valence-electron chi connectivity index (χ1n) is 11.6. The second-order valence-electron chi connectivity index (χ2n) is 11.9. The molecule has 0 radical (unpaired) electrons. The molecule has 0 aromatic carbocycles. The third-order valence-corrected chi connectivity index (χ3v) is 9.50. The van der Waals surface area contributed by atoms with Gasteiger partial charge in [-0.15, -0.1) is 0 Å². The van der Waals surface area contributed by atoms with E-state index >= 15 is 0 Å². The van der Waals surface area contributed by atoms with E-state index in [2.05, 4.69) is 6.92 Å². The summed E-state index contributed by atoms with van der Waals surface area (Å²) in [4.78, 5) is 25.7. The van der Waals surface area contributed by atoms with Crippen LogP contribution in [0, 0.1) is 34.0 Å². The summed E-state index contributed by atoms with van der Waals surface area (Å²) < 4.78 is 5.73. The molecule has 0 aromatic rings. The van der Waals surface area contributed by atoms with Gasteiger partial charge in [0.05, 0.1) is 12.2 Å². The maximum Gasteiger partial charge on any atom is 0.331 e. The van der Waals surface area contributed by atoms with E-state index in [4.69, 9.17) is 4.74 Å². The molecule has 4 aliphatic rings. The van der Waals surface area contributed by atoms with Crippen molar-refractivity contribution in [2.24, 2.45) is 34.0 Å². The predicted molar refractivity (Wildman–Crippen MR) is 113 cm³/mol. The van der Waals surface area contributed by atoms with E-state index in [0.717, 1.165) is 37.7 Å². The quantitative estimate of drug-likeness (QED) is 0.538. The molecule has 0 unspecified atom stereocenters. The summed E-state index contributed by atoms with van der Waals surface area (Å²) in [5, 5.41) is 21.0. The topological polar surface area (TPSA) is 83.8 Å². The number of fused-ring (bicyclic) bond motifs is 3. The molecular formula is C25H38O5. The number of esters is 1. The lowest BCUT2D eigenvalue weighted by Crippen LogP contribution is -2.62. The average Bonchev–Trinajstić information content (AvgIpc) is 2.85. The Labute approximate surface area is 180 Å². The van der Waals surface area contributed by atoms with Gasteiger partial charge in [-0.25, -0.2) is 4.79 Å². The van der Waals surface area contributed by atoms with E-state index in [9.17, 15) is 19.8 Å². The van der Waals surface area contributed by atoms with Crippen molar-refractivity contribution in [2.75, 3.05) is 6.61 Å². The van der Waals surface area contributed by atoms with Gasteiger partial charge in [0, 0.05) is 11.5 Å². The maximum atomic E-state index is 13.4. The molecule has 2 bridgehead atoms. The molecule has 4 saturated carbocycles. The molecule has 7 atom stereocenters. The highest BCUT2D eigenvalue weighted by Crippen LogP contribution is 2.72. The smallest absolute Gasteiger partial charge is 0.331 e. The van der Waals surface area contributed by atoms with Crippen LogP contribution in [0.1, 0.15) is 79.6 Å². The minimum Gasteiger partial charge on any atom is -0.451 e. The van der Waals surface area contributed by atoms with Gasteiger partial charge in [0.1, 0.15) is 0 Å². The normalized spacial score (nSPS) is 46.6. The van der Waals surface area contributed by atoms with Crippen LogP contribution in [-0.2, 0) is 14.3 Å². The van der Waals surface area contributed by atoms with Crippen LogP contribution in [0.15, 0.2) is 11.6 Å². The van der Waals surface area contributed by atoms with Crippen molar-refractivity contribution in [3.8, 4) is 0 Å². The number of ketones is 1. The van der Waals surface area contributed by atoms with Crippen LogP contribution in [-0.4, -0.2) is 40.3 Å². The molecule has 4 fully saturated rings. The molecule has 5 nitrogen and oxygen atoms in total. The lowest BCUT2D eigenvalue weighted by molar-refractivity contribution is -0.190. The fourth-order valence-electron chi connectivity index (χ4n) is 8.45. The van der Waals surface area contributed by atoms with Crippen LogP contribution in [0.2, 0.25) is 0 Å². The zero-order valence-electron chi connectivity index (χ0n) is 19.2. The van der Waals surface area contributed by atoms with Gasteiger partial charge in [-0.2, -0.15) is 0 Å². The van der Waals surface area contributed by atoms with Gasteiger partial charge in [0.15, 0.2) is 11.9 Å². The van der Waals surface area contributed by atoms with Gasteiger partial charge in [-0.1, -0.05) is 26.3 Å². The molecule has 30 heavy (non-hydrogen) atoms. The first-order valence-corrected chi connectivity index (χ1v) is 11.6. The van der Waals surface area contributed by atoms with Crippen molar-refractivity contribution < 1.29 is 24.5 Å². The van der Waals surface area contributed by atoms with Crippen LogP contribution in [0.4, 0.5) is 0 Å². The molecule has 168 valence electrons. The molecule has 2 N–H and O–H groups in total. The first kappa shape index (κ1) is 22.0. The first-order chi connectivity index (χ1) is 13.9. The number of allylic oxidation sites excluding steroid dienone is 1. The number of ether oxygens (including phenoxy) is 1. The highest BCUT2D eigenvalue weighted by molar-refractivity contribution is 5.93. The van der Waals surface area contributed by atoms with Gasteiger partial charge in [0.25, 0.3) is 0 Å². The highest BCUT2D eigenvalue weighted by atomic mass is 16.5. The Morgan fingerprint density at radius 1 is 1.13 bits per heavy atom. The summed E-state index contributed by atoms with van der Waals surface area (Å²) in [5.41, 5.74) is -0.759. The Bertz CT molecular complexity index is 780. The van der Waals surface area contributed by atoms with Crippen LogP contribution in [0.3, 0.4) is 0 Å². The van der Waals surface area contributed by atoms with Crippen LogP contribution in [0.25, 0.3) is 0 Å². The van der Waals surface area contributed by atoms with E-state index in [1.807, 2.05) is 27.7 Å². The summed E-state index contributed by atoms with van der Waals surface area (Å²) >= 11 is 0. The van der Waals surface area contributed by atoms with E-state index in [1.165, 1.54) is 6.08 Å². The summed E-state index contributed by atoms with van der Waals surface area (Å²) in [5.74, 6) is 0.395. The Kier molecular flexibility index (Phi) is 5.06. The number of hydrogen-bond acceptors (Lipinski definition) is 5. The third-order valence-electron chi connectivity index (χ3n) is 9.50. The van der Waals surface area contributed by atoms with E-state index in [0.29, 0.717) is 18.8 Å². The van der Waals surface area contributed by atoms with E-state index < -0.39 is 23.1 Å². The van der Waals surface area contributed by atoms with Crippen molar-refractivity contribution in [2.45, 2.75) is 91.3 Å². The van der Waals surface area contributed by atoms with E-state index in [1.54, 1.807) is 0 Å². The minimum absolute atomic E-state index is 0.0244. The molecule has 0 aliphatic heterocycles. The van der Waals surface area contributed by atoms with Crippen LogP contribution in [0.5, 0.6) is 0 Å². The summed E-state index contributed by atoms with van der Waals surface area (Å²) in [7, 11) is 0. The molecule has 0 saturated heterocycles. The lowest BCUT2D eigenvalue weighted by Gasteiger charge is -2.64. The Morgan fingerprint density at radius 2 is 1.83 bits per heavy atom. The Balaban J connectivity index is 1.68. The van der Waals surface area contributed by atoms with Crippen molar-refractivity contribution in [3.05, 3.63) is 11.6 Å². The fraction of sp³-hybridized carbons (Fsp3) is 0.840. The van der Waals surface area contributed by atoms with Gasteiger partial charge >= 0.3 is 5.97 Å². The largest absolute Gasteiger partial charge is 0.451 e. The second-order valence-corrected chi connectivity index (χ2v) is 11.9.